The van der Waals surface area contributed by atoms with Crippen molar-refractivity contribution in [3.8, 4) is 0 Å². The Balaban J connectivity index is 0.00000312. The lowest BCUT2D eigenvalue weighted by molar-refractivity contribution is -0.117. The van der Waals surface area contributed by atoms with Gasteiger partial charge in [0.1, 0.15) is 0 Å². The van der Waals surface area contributed by atoms with E-state index in [2.05, 4.69) is 17.4 Å². The summed E-state index contributed by atoms with van der Waals surface area (Å²) in [7, 11) is 0. The molecule has 2 rings (SSSR count). The first-order valence-corrected chi connectivity index (χ1v) is 8.46. The Morgan fingerprint density at radius 1 is 1.12 bits per heavy atom. The van der Waals surface area contributed by atoms with Crippen LogP contribution in [0, 0.1) is 0 Å². The molecule has 0 aromatic heterocycles. The van der Waals surface area contributed by atoms with Gasteiger partial charge in [0, 0.05) is 5.69 Å². The normalized spacial score (nSPS) is 11.4. The van der Waals surface area contributed by atoms with E-state index in [9.17, 15) is 4.79 Å². The molecular formula is C20H27ClN2O2. The molecule has 25 heavy (non-hydrogen) atoms. The summed E-state index contributed by atoms with van der Waals surface area (Å²) in [6.07, 6.45) is 2.47. The summed E-state index contributed by atoms with van der Waals surface area (Å²) >= 11 is 0. The third-order valence-electron chi connectivity index (χ3n) is 3.78. The minimum Gasteiger partial charge on any atom is -0.376 e. The first kappa shape index (κ1) is 21.2. The smallest absolute Gasteiger partial charge is 0.241 e. The van der Waals surface area contributed by atoms with Gasteiger partial charge in [-0.05, 0) is 36.1 Å². The second kappa shape index (κ2) is 11.6. The fourth-order valence-electron chi connectivity index (χ4n) is 2.44. The molecule has 0 aliphatic heterocycles. The van der Waals surface area contributed by atoms with Gasteiger partial charge in [-0.25, -0.2) is 0 Å². The summed E-state index contributed by atoms with van der Waals surface area (Å²) in [5.41, 5.74) is 8.89. The van der Waals surface area contributed by atoms with E-state index in [1.54, 1.807) is 0 Å². The molecule has 0 heterocycles. The molecule has 0 saturated carbocycles. The fraction of sp³-hybridized carbons (Fsp3) is 0.350. The molecule has 2 aromatic rings. The number of hydrogen-bond donors (Lipinski definition) is 2. The molecule has 0 fully saturated rings. The molecule has 1 unspecified atom stereocenters. The van der Waals surface area contributed by atoms with Crippen molar-refractivity contribution in [2.45, 2.75) is 38.8 Å². The molecule has 2 aromatic carbocycles. The highest BCUT2D eigenvalue weighted by molar-refractivity contribution is 5.94. The van der Waals surface area contributed by atoms with Crippen molar-refractivity contribution in [2.75, 3.05) is 11.9 Å². The SMILES string of the molecule is CCCC(N)C(=O)Nc1cccc(COCCc2ccccc2)c1.Cl. The van der Waals surface area contributed by atoms with Crippen LogP contribution < -0.4 is 11.1 Å². The van der Waals surface area contributed by atoms with E-state index in [4.69, 9.17) is 10.5 Å². The molecule has 0 aliphatic rings. The summed E-state index contributed by atoms with van der Waals surface area (Å²) in [6.45, 7) is 3.21. The molecule has 0 spiro atoms. The maximum atomic E-state index is 12.0. The van der Waals surface area contributed by atoms with Gasteiger partial charge in [0.2, 0.25) is 5.91 Å². The van der Waals surface area contributed by atoms with Crippen LogP contribution in [-0.4, -0.2) is 18.6 Å². The van der Waals surface area contributed by atoms with E-state index in [1.165, 1.54) is 5.56 Å². The van der Waals surface area contributed by atoms with E-state index in [1.807, 2.05) is 49.4 Å². The zero-order chi connectivity index (χ0) is 17.2. The lowest BCUT2D eigenvalue weighted by atomic mass is 10.1. The zero-order valence-corrected chi connectivity index (χ0v) is 15.4. The van der Waals surface area contributed by atoms with Crippen molar-refractivity contribution in [3.05, 3.63) is 65.7 Å². The van der Waals surface area contributed by atoms with Gasteiger partial charge in [0.25, 0.3) is 0 Å². The average Bonchev–Trinajstić information content (AvgIpc) is 2.60. The molecule has 5 heteroatoms. The number of halogens is 1. The molecule has 4 nitrogen and oxygen atoms in total. The van der Waals surface area contributed by atoms with Crippen molar-refractivity contribution in [1.82, 2.24) is 0 Å². The number of amides is 1. The topological polar surface area (TPSA) is 64.4 Å². The van der Waals surface area contributed by atoms with Crippen LogP contribution in [0.2, 0.25) is 0 Å². The van der Waals surface area contributed by atoms with Crippen molar-refractivity contribution in [2.24, 2.45) is 5.73 Å². The van der Waals surface area contributed by atoms with Crippen LogP contribution in [0.5, 0.6) is 0 Å². The first-order chi connectivity index (χ1) is 11.7. The molecule has 0 saturated heterocycles. The zero-order valence-electron chi connectivity index (χ0n) is 14.6. The number of carbonyl (C=O) groups excluding carboxylic acids is 1. The highest BCUT2D eigenvalue weighted by atomic mass is 35.5. The molecule has 0 radical (unpaired) electrons. The molecular weight excluding hydrogens is 336 g/mol. The van der Waals surface area contributed by atoms with Crippen molar-refractivity contribution in [3.63, 3.8) is 0 Å². The molecule has 1 atom stereocenters. The Morgan fingerprint density at radius 3 is 2.56 bits per heavy atom. The summed E-state index contributed by atoms with van der Waals surface area (Å²) in [5.74, 6) is -0.140. The number of ether oxygens (including phenoxy) is 1. The van der Waals surface area contributed by atoms with Crippen LogP contribution in [0.25, 0.3) is 0 Å². The van der Waals surface area contributed by atoms with E-state index in [0.717, 1.165) is 24.1 Å². The predicted octanol–water partition coefficient (Wildman–Crippen LogP) is 3.93. The number of carbonyl (C=O) groups is 1. The Morgan fingerprint density at radius 2 is 1.84 bits per heavy atom. The monoisotopic (exact) mass is 362 g/mol. The van der Waals surface area contributed by atoms with Crippen LogP contribution in [-0.2, 0) is 22.6 Å². The molecule has 0 aliphatic carbocycles. The van der Waals surface area contributed by atoms with Crippen molar-refractivity contribution in [1.29, 1.82) is 0 Å². The van der Waals surface area contributed by atoms with E-state index in [-0.39, 0.29) is 18.3 Å². The van der Waals surface area contributed by atoms with Crippen LogP contribution >= 0.6 is 12.4 Å². The number of benzene rings is 2. The maximum Gasteiger partial charge on any atom is 0.241 e. The third-order valence-corrected chi connectivity index (χ3v) is 3.78. The largest absolute Gasteiger partial charge is 0.376 e. The predicted molar refractivity (Wildman–Crippen MR) is 105 cm³/mol. The molecule has 3 N–H and O–H groups in total. The van der Waals surface area contributed by atoms with E-state index < -0.39 is 6.04 Å². The highest BCUT2D eigenvalue weighted by Gasteiger charge is 2.12. The number of nitrogens with one attached hydrogen (secondary N) is 1. The quantitative estimate of drug-likeness (QED) is 0.664. The van der Waals surface area contributed by atoms with E-state index in [0.29, 0.717) is 19.6 Å². The van der Waals surface area contributed by atoms with Gasteiger partial charge in [-0.2, -0.15) is 0 Å². The lowest BCUT2D eigenvalue weighted by Crippen LogP contribution is -2.35. The van der Waals surface area contributed by atoms with Gasteiger partial charge >= 0.3 is 0 Å². The highest BCUT2D eigenvalue weighted by Crippen LogP contribution is 2.13. The Kier molecular flexibility index (Phi) is 9.85. The fourth-order valence-corrected chi connectivity index (χ4v) is 2.44. The molecule has 0 bridgehead atoms. The number of hydrogen-bond acceptors (Lipinski definition) is 3. The second-order valence-electron chi connectivity index (χ2n) is 5.87. The molecule has 1 amide bonds. The second-order valence-corrected chi connectivity index (χ2v) is 5.87. The van der Waals surface area contributed by atoms with Gasteiger partial charge in [-0.3, -0.25) is 4.79 Å². The summed E-state index contributed by atoms with van der Waals surface area (Å²) < 4.78 is 5.73. The Bertz CT molecular complexity index is 635. The minimum absolute atomic E-state index is 0. The standard InChI is InChI=1S/C20H26N2O2.ClH/c1-2-7-19(21)20(23)22-18-11-6-10-17(14-18)15-24-13-12-16-8-4-3-5-9-16;/h3-6,8-11,14,19H,2,7,12-13,15,21H2,1H3,(H,22,23);1H. The summed E-state index contributed by atoms with van der Waals surface area (Å²) in [4.78, 5) is 12.0. The van der Waals surface area contributed by atoms with Crippen molar-refractivity contribution >= 4 is 24.0 Å². The van der Waals surface area contributed by atoms with Gasteiger partial charge in [-0.15, -0.1) is 12.4 Å². The Hall–Kier alpha value is -1.88. The Labute approximate surface area is 156 Å². The van der Waals surface area contributed by atoms with Gasteiger partial charge in [-0.1, -0.05) is 55.8 Å². The van der Waals surface area contributed by atoms with Crippen LogP contribution in [0.4, 0.5) is 5.69 Å². The first-order valence-electron chi connectivity index (χ1n) is 8.46. The van der Waals surface area contributed by atoms with Gasteiger partial charge in [0.15, 0.2) is 0 Å². The summed E-state index contributed by atoms with van der Waals surface area (Å²) in [6, 6.07) is 17.5. The molecule has 136 valence electrons. The van der Waals surface area contributed by atoms with Crippen LogP contribution in [0.1, 0.15) is 30.9 Å². The van der Waals surface area contributed by atoms with Gasteiger partial charge < -0.3 is 15.8 Å². The van der Waals surface area contributed by atoms with Crippen LogP contribution in [0.3, 0.4) is 0 Å². The van der Waals surface area contributed by atoms with Gasteiger partial charge in [0.05, 0.1) is 19.3 Å². The van der Waals surface area contributed by atoms with Crippen LogP contribution in [0.15, 0.2) is 54.6 Å². The summed E-state index contributed by atoms with van der Waals surface area (Å²) in [5, 5.41) is 2.86. The number of nitrogens with two attached hydrogens (primary N) is 1. The maximum absolute atomic E-state index is 12.0. The van der Waals surface area contributed by atoms with Crippen molar-refractivity contribution < 1.29 is 9.53 Å². The van der Waals surface area contributed by atoms with E-state index >= 15 is 0 Å². The minimum atomic E-state index is -0.458. The average molecular weight is 363 g/mol. The number of anilines is 1. The third kappa shape index (κ3) is 7.69. The lowest BCUT2D eigenvalue weighted by Gasteiger charge is -2.12. The number of rotatable bonds is 9.